The molecule has 0 aliphatic rings. The summed E-state index contributed by atoms with van der Waals surface area (Å²) in [6.45, 7) is 15.3. The summed E-state index contributed by atoms with van der Waals surface area (Å²) < 4.78 is 4.82. The normalized spacial score (nSPS) is 11.6. The Balaban J connectivity index is 0.000000149. The molecular formula is C102H78N2. The monoisotopic (exact) mass is 1330 g/mol. The molecule has 104 heavy (non-hydrogen) atoms. The van der Waals surface area contributed by atoms with Gasteiger partial charge in [-0.3, -0.25) is 0 Å². The molecule has 0 bridgehead atoms. The Hall–Kier alpha value is -12.6. The van der Waals surface area contributed by atoms with E-state index in [4.69, 9.17) is 0 Å². The summed E-state index contributed by atoms with van der Waals surface area (Å²) in [4.78, 5) is 0. The van der Waals surface area contributed by atoms with E-state index in [1.165, 1.54) is 209 Å². The number of hydrogen-bond acceptors (Lipinski definition) is 0. The van der Waals surface area contributed by atoms with Crippen LogP contribution in [0.25, 0.3) is 187 Å². The zero-order valence-electron chi connectivity index (χ0n) is 59.6. The van der Waals surface area contributed by atoms with Crippen molar-refractivity contribution in [3.63, 3.8) is 0 Å². The number of aryl methyl sites for hydroxylation is 6. The molecule has 0 unspecified atom stereocenters. The molecule has 0 saturated heterocycles. The Bertz CT molecular complexity index is 6510. The summed E-state index contributed by atoms with van der Waals surface area (Å²) in [7, 11) is 0. The van der Waals surface area contributed by atoms with E-state index in [1.54, 1.807) is 0 Å². The molecule has 2 aromatic heterocycles. The van der Waals surface area contributed by atoms with E-state index < -0.39 is 0 Å². The van der Waals surface area contributed by atoms with Gasteiger partial charge in [-0.25, -0.2) is 0 Å². The molecule has 0 aliphatic heterocycles. The lowest BCUT2D eigenvalue weighted by molar-refractivity contribution is 0.827. The maximum atomic E-state index is 2.41. The van der Waals surface area contributed by atoms with E-state index in [-0.39, 0.29) is 0 Å². The van der Waals surface area contributed by atoms with Crippen molar-refractivity contribution in [3.05, 3.63) is 362 Å². The van der Waals surface area contributed by atoms with Crippen LogP contribution in [-0.4, -0.2) is 9.13 Å². The first kappa shape index (κ1) is 63.5. The van der Waals surface area contributed by atoms with E-state index in [9.17, 15) is 0 Å². The quantitative estimate of drug-likeness (QED) is 0.114. The third-order valence-electron chi connectivity index (χ3n) is 22.2. The van der Waals surface area contributed by atoms with Crippen LogP contribution < -0.4 is 0 Å². The van der Waals surface area contributed by atoms with Gasteiger partial charge >= 0.3 is 0 Å². The largest absolute Gasteiger partial charge is 0.341 e. The number of fused-ring (bicyclic) bond motifs is 10. The molecule has 0 aliphatic carbocycles. The van der Waals surface area contributed by atoms with Crippen LogP contribution >= 0.6 is 0 Å². The summed E-state index contributed by atoms with van der Waals surface area (Å²) in [5, 5.41) is 15.6. The Labute approximate surface area is 608 Å². The zero-order valence-corrected chi connectivity index (χ0v) is 59.6. The summed E-state index contributed by atoms with van der Waals surface area (Å²) >= 11 is 0. The van der Waals surface area contributed by atoms with Crippen molar-refractivity contribution < 1.29 is 0 Å². The second kappa shape index (κ2) is 26.4. The van der Waals surface area contributed by atoms with Gasteiger partial charge in [-0.05, 0) is 243 Å². The molecule has 0 amide bonds. The Morgan fingerprint density at radius 1 is 0.163 bits per heavy atom. The molecule has 0 fully saturated rings. The van der Waals surface area contributed by atoms with Crippen molar-refractivity contribution in [2.75, 3.05) is 0 Å². The average Bonchev–Trinajstić information content (AvgIpc) is 1.15. The fourth-order valence-corrected chi connectivity index (χ4v) is 16.7. The number of nitrogens with zero attached hydrogens (tertiary/aromatic N) is 2. The molecule has 0 atom stereocenters. The van der Waals surface area contributed by atoms with Crippen LogP contribution in [0.3, 0.4) is 0 Å². The minimum Gasteiger partial charge on any atom is -0.341 e. The van der Waals surface area contributed by atoms with E-state index in [1.807, 2.05) is 0 Å². The molecule has 0 spiro atoms. The van der Waals surface area contributed by atoms with Gasteiger partial charge in [0.1, 0.15) is 0 Å². The smallest absolute Gasteiger partial charge is 0.0491 e. The fourth-order valence-electron chi connectivity index (χ4n) is 16.7. The molecule has 2 nitrogen and oxygen atoms in total. The van der Waals surface area contributed by atoms with Crippen LogP contribution in [0.4, 0.5) is 0 Å². The standard InChI is InChI=1S/C54H41N.C48H37N/c1-4-55-51-17-11-10-14-45(51)48-34-44(30-31-52(48)55)41-20-18-39(19-21-41)40-24-28-43(29-25-40)54-47-16-9-8-15-46(47)53(49-32-35(2)36(3)33-50(49)54)42-26-22-38(23-27-42)37-12-6-5-7-13-37;1-4-49-45-17-11-10-14-39(45)42-30-38(26-27-46(42)49)35-20-18-33(19-21-35)34-22-24-37(25-23-34)48-41-16-9-8-15-40(41)47(36-12-6-5-7-13-36)43-28-31(2)32(3)29-44(43)48/h5-34H,4H2,1-3H3;5-30H,4H2,1-3H3. The topological polar surface area (TPSA) is 9.86 Å². The summed E-state index contributed by atoms with van der Waals surface area (Å²) in [5.74, 6) is 0. The Morgan fingerprint density at radius 3 is 0.654 bits per heavy atom. The number of rotatable bonds is 11. The molecule has 496 valence electrons. The molecule has 2 heteroatoms. The van der Waals surface area contributed by atoms with Crippen LogP contribution in [-0.2, 0) is 13.1 Å². The molecule has 19 aromatic rings. The first-order valence-corrected chi connectivity index (χ1v) is 36.7. The zero-order chi connectivity index (χ0) is 70.1. The van der Waals surface area contributed by atoms with Crippen molar-refractivity contribution >= 4 is 86.7 Å². The summed E-state index contributed by atoms with van der Waals surface area (Å²) in [6, 6.07) is 126. The first-order valence-electron chi connectivity index (χ1n) is 36.7. The third kappa shape index (κ3) is 11.0. The number of hydrogen-bond donors (Lipinski definition) is 0. The lowest BCUT2D eigenvalue weighted by Crippen LogP contribution is -1.93. The van der Waals surface area contributed by atoms with Gasteiger partial charge in [-0.2, -0.15) is 0 Å². The molecule has 17 aromatic carbocycles. The highest BCUT2D eigenvalue weighted by Gasteiger charge is 2.22. The second-order valence-corrected chi connectivity index (χ2v) is 28.2. The van der Waals surface area contributed by atoms with Crippen LogP contribution in [0.1, 0.15) is 36.1 Å². The molecule has 0 radical (unpaired) electrons. The maximum Gasteiger partial charge on any atom is 0.0491 e. The van der Waals surface area contributed by atoms with Crippen LogP contribution in [0.2, 0.25) is 0 Å². The maximum absolute atomic E-state index is 2.41. The first-order chi connectivity index (χ1) is 51.1. The lowest BCUT2D eigenvalue weighted by atomic mass is 9.84. The SMILES string of the molecule is CCn1c2ccccc2c2cc(-c3ccc(-c4ccc(-c5c6ccccc6c(-c6ccc(-c7ccccc7)cc6)c6cc(C)c(C)cc56)cc4)cc3)ccc21.CCn1c2ccccc2c2cc(-c3ccc(-c4ccc(-c5c6ccccc6c(-c6ccccc6)c6cc(C)c(C)cc56)cc4)cc3)ccc21. The van der Waals surface area contributed by atoms with Gasteiger partial charge in [0, 0.05) is 56.7 Å². The van der Waals surface area contributed by atoms with Crippen molar-refractivity contribution in [1.82, 2.24) is 9.13 Å². The minimum atomic E-state index is 0.956. The van der Waals surface area contributed by atoms with Crippen molar-refractivity contribution in [3.8, 4) is 100 Å². The van der Waals surface area contributed by atoms with E-state index >= 15 is 0 Å². The summed E-state index contributed by atoms with van der Waals surface area (Å²) in [6.07, 6.45) is 0. The van der Waals surface area contributed by atoms with Gasteiger partial charge in [0.25, 0.3) is 0 Å². The Kier molecular flexibility index (Phi) is 16.1. The predicted molar refractivity (Wildman–Crippen MR) is 448 cm³/mol. The van der Waals surface area contributed by atoms with Gasteiger partial charge in [-0.15, -0.1) is 0 Å². The highest BCUT2D eigenvalue weighted by atomic mass is 15.0. The van der Waals surface area contributed by atoms with Gasteiger partial charge in [0.2, 0.25) is 0 Å². The Morgan fingerprint density at radius 2 is 0.365 bits per heavy atom. The number of aromatic nitrogens is 2. The van der Waals surface area contributed by atoms with E-state index in [0.717, 1.165) is 13.1 Å². The number of para-hydroxylation sites is 2. The van der Waals surface area contributed by atoms with Crippen LogP contribution in [0.5, 0.6) is 0 Å². The fraction of sp³-hybridized carbons (Fsp3) is 0.0784. The molecular weight excluding hydrogens is 1250 g/mol. The lowest BCUT2D eigenvalue weighted by Gasteiger charge is -2.19. The van der Waals surface area contributed by atoms with Gasteiger partial charge in [0.05, 0.1) is 0 Å². The van der Waals surface area contributed by atoms with Crippen molar-refractivity contribution in [2.24, 2.45) is 0 Å². The van der Waals surface area contributed by atoms with Gasteiger partial charge < -0.3 is 9.13 Å². The van der Waals surface area contributed by atoms with Gasteiger partial charge in [-0.1, -0.05) is 303 Å². The van der Waals surface area contributed by atoms with E-state index in [2.05, 4.69) is 390 Å². The van der Waals surface area contributed by atoms with Crippen molar-refractivity contribution in [1.29, 1.82) is 0 Å². The van der Waals surface area contributed by atoms with E-state index in [0.29, 0.717) is 0 Å². The molecule has 0 N–H and O–H groups in total. The van der Waals surface area contributed by atoms with Crippen LogP contribution in [0, 0.1) is 27.7 Å². The predicted octanol–water partition coefficient (Wildman–Crippen LogP) is 28.5. The highest BCUT2D eigenvalue weighted by molar-refractivity contribution is 6.23. The van der Waals surface area contributed by atoms with Crippen LogP contribution in [0.15, 0.2) is 340 Å². The third-order valence-corrected chi connectivity index (χ3v) is 22.2. The molecule has 0 saturated carbocycles. The average molecular weight is 1330 g/mol. The second-order valence-electron chi connectivity index (χ2n) is 28.2. The highest BCUT2D eigenvalue weighted by Crippen LogP contribution is 2.48. The van der Waals surface area contributed by atoms with Gasteiger partial charge in [0.15, 0.2) is 0 Å². The summed E-state index contributed by atoms with van der Waals surface area (Å²) in [5.41, 5.74) is 32.9. The molecule has 19 rings (SSSR count). The van der Waals surface area contributed by atoms with Crippen molar-refractivity contribution in [2.45, 2.75) is 54.6 Å². The minimum absolute atomic E-state index is 0.956. The molecule has 2 heterocycles. The number of benzene rings is 17.